The van der Waals surface area contributed by atoms with E-state index >= 15 is 0 Å². The normalized spacial score (nSPS) is 20.0. The van der Waals surface area contributed by atoms with Crippen molar-refractivity contribution < 1.29 is 9.18 Å². The molecule has 126 valence electrons. The van der Waals surface area contributed by atoms with Gasteiger partial charge < -0.3 is 15.2 Å². The Morgan fingerprint density at radius 1 is 1.17 bits per heavy atom. The monoisotopic (exact) mass is 329 g/mol. The molecule has 2 fully saturated rings. The Morgan fingerprint density at radius 2 is 1.96 bits per heavy atom. The van der Waals surface area contributed by atoms with Crippen LogP contribution in [0.15, 0.2) is 29.1 Å². The second kappa shape index (κ2) is 5.70. The number of aromatic nitrogens is 1. The van der Waals surface area contributed by atoms with Crippen molar-refractivity contribution in [1.82, 2.24) is 15.2 Å². The van der Waals surface area contributed by atoms with Crippen molar-refractivity contribution in [3.63, 3.8) is 0 Å². The number of hydrogen-bond donors (Lipinski definition) is 2. The topological polar surface area (TPSA) is 65.2 Å². The predicted molar refractivity (Wildman–Crippen MR) is 89.6 cm³/mol. The summed E-state index contributed by atoms with van der Waals surface area (Å²) in [4.78, 5) is 29.2. The van der Waals surface area contributed by atoms with E-state index in [1.54, 1.807) is 4.90 Å². The molecule has 24 heavy (non-hydrogen) atoms. The molecule has 1 aromatic carbocycles. The smallest absolute Gasteiger partial charge is 0.254 e. The number of halogens is 1. The van der Waals surface area contributed by atoms with Crippen LogP contribution >= 0.6 is 0 Å². The van der Waals surface area contributed by atoms with Gasteiger partial charge >= 0.3 is 0 Å². The molecule has 2 aromatic rings. The molecule has 0 unspecified atom stereocenters. The summed E-state index contributed by atoms with van der Waals surface area (Å²) in [6, 6.07) is 5.37. The lowest BCUT2D eigenvalue weighted by molar-refractivity contribution is 0.0609. The number of pyridine rings is 1. The maximum absolute atomic E-state index is 13.6. The van der Waals surface area contributed by atoms with E-state index in [0.717, 1.165) is 32.4 Å². The number of fused-ring (bicyclic) bond motifs is 1. The Morgan fingerprint density at radius 3 is 2.67 bits per heavy atom. The minimum absolute atomic E-state index is 0.183. The summed E-state index contributed by atoms with van der Waals surface area (Å²) < 4.78 is 13.6. The zero-order valence-corrected chi connectivity index (χ0v) is 13.4. The quantitative estimate of drug-likeness (QED) is 0.840. The number of piperidine rings is 1. The van der Waals surface area contributed by atoms with Crippen LogP contribution < -0.4 is 10.9 Å². The molecule has 0 aliphatic carbocycles. The molecule has 2 N–H and O–H groups in total. The van der Waals surface area contributed by atoms with Gasteiger partial charge in [-0.3, -0.25) is 9.59 Å². The maximum Gasteiger partial charge on any atom is 0.254 e. The Balaban J connectivity index is 1.64. The maximum atomic E-state index is 13.6. The molecule has 0 atom stereocenters. The molecule has 1 amide bonds. The second-order valence-corrected chi connectivity index (χ2v) is 6.96. The van der Waals surface area contributed by atoms with Crippen LogP contribution in [0, 0.1) is 11.2 Å². The zero-order chi connectivity index (χ0) is 16.7. The van der Waals surface area contributed by atoms with Gasteiger partial charge in [-0.25, -0.2) is 4.39 Å². The molecule has 0 saturated carbocycles. The van der Waals surface area contributed by atoms with Crippen molar-refractivity contribution in [2.45, 2.75) is 19.3 Å². The van der Waals surface area contributed by atoms with Gasteiger partial charge in [-0.1, -0.05) is 0 Å². The minimum Gasteiger partial charge on any atom is -0.339 e. The lowest BCUT2D eigenvalue weighted by Crippen LogP contribution is -2.44. The van der Waals surface area contributed by atoms with E-state index in [9.17, 15) is 14.0 Å². The highest BCUT2D eigenvalue weighted by Gasteiger charge is 2.38. The van der Waals surface area contributed by atoms with Crippen LogP contribution in [0.3, 0.4) is 0 Å². The third-order valence-corrected chi connectivity index (χ3v) is 5.48. The standard InChI is InChI=1S/C18H20FN3O2/c19-12-1-2-15-13(9-12)14(10-16(23)21-15)17(24)22-7-4-18(5-8-22)3-6-20-11-18/h1-2,9-10,20H,3-8,11H2,(H,21,23). The molecule has 2 saturated heterocycles. The predicted octanol–water partition coefficient (Wildman–Crippen LogP) is 1.88. The molecule has 0 bridgehead atoms. The third-order valence-electron chi connectivity index (χ3n) is 5.48. The molecular formula is C18H20FN3O2. The number of amides is 1. The van der Waals surface area contributed by atoms with Gasteiger partial charge in [0.1, 0.15) is 5.82 Å². The fraction of sp³-hybridized carbons (Fsp3) is 0.444. The number of carbonyl (C=O) groups is 1. The number of nitrogens with one attached hydrogen (secondary N) is 2. The third kappa shape index (κ3) is 2.60. The summed E-state index contributed by atoms with van der Waals surface area (Å²) in [5.41, 5.74) is 0.749. The number of hydrogen-bond acceptors (Lipinski definition) is 3. The van der Waals surface area contributed by atoms with E-state index in [4.69, 9.17) is 0 Å². The summed E-state index contributed by atoms with van der Waals surface area (Å²) in [6.07, 6.45) is 3.11. The zero-order valence-electron chi connectivity index (χ0n) is 13.4. The van der Waals surface area contributed by atoms with Crippen LogP contribution in [0.4, 0.5) is 4.39 Å². The van der Waals surface area contributed by atoms with Gasteiger partial charge in [0, 0.05) is 36.6 Å². The van der Waals surface area contributed by atoms with Gasteiger partial charge in [0.15, 0.2) is 0 Å². The molecular weight excluding hydrogens is 309 g/mol. The van der Waals surface area contributed by atoms with Crippen LogP contribution in [0.2, 0.25) is 0 Å². The lowest BCUT2D eigenvalue weighted by Gasteiger charge is -2.39. The first kappa shape index (κ1) is 15.3. The molecule has 6 heteroatoms. The van der Waals surface area contributed by atoms with Crippen LogP contribution in [0.1, 0.15) is 29.6 Å². The average Bonchev–Trinajstić information content (AvgIpc) is 3.03. The molecule has 1 aromatic heterocycles. The van der Waals surface area contributed by atoms with Crippen molar-refractivity contribution in [1.29, 1.82) is 0 Å². The van der Waals surface area contributed by atoms with Crippen molar-refractivity contribution in [3.8, 4) is 0 Å². The lowest BCUT2D eigenvalue weighted by atomic mass is 9.77. The Bertz CT molecular complexity index is 845. The summed E-state index contributed by atoms with van der Waals surface area (Å²) >= 11 is 0. The highest BCUT2D eigenvalue weighted by molar-refractivity contribution is 6.06. The van der Waals surface area contributed by atoms with E-state index in [2.05, 4.69) is 10.3 Å². The van der Waals surface area contributed by atoms with Crippen molar-refractivity contribution >= 4 is 16.8 Å². The molecule has 4 rings (SSSR count). The molecule has 2 aliphatic heterocycles. The van der Waals surface area contributed by atoms with Crippen LogP contribution in [0.5, 0.6) is 0 Å². The van der Waals surface area contributed by atoms with E-state index in [-0.39, 0.29) is 17.0 Å². The Labute approximate surface area is 138 Å². The summed E-state index contributed by atoms with van der Waals surface area (Å²) in [7, 11) is 0. The van der Waals surface area contributed by atoms with Gasteiger partial charge in [-0.05, 0) is 49.4 Å². The van der Waals surface area contributed by atoms with Crippen molar-refractivity contribution in [3.05, 3.63) is 46.0 Å². The van der Waals surface area contributed by atoms with E-state index in [1.807, 2.05) is 0 Å². The number of carbonyl (C=O) groups excluding carboxylic acids is 1. The van der Waals surface area contributed by atoms with Gasteiger partial charge in [0.25, 0.3) is 5.91 Å². The van der Waals surface area contributed by atoms with Crippen molar-refractivity contribution in [2.75, 3.05) is 26.2 Å². The fourth-order valence-corrected chi connectivity index (χ4v) is 3.98. The molecule has 3 heterocycles. The summed E-state index contributed by atoms with van der Waals surface area (Å²) in [5.74, 6) is -0.601. The van der Waals surface area contributed by atoms with Gasteiger partial charge in [-0.2, -0.15) is 0 Å². The summed E-state index contributed by atoms with van der Waals surface area (Å²) in [6.45, 7) is 3.44. The van der Waals surface area contributed by atoms with Crippen LogP contribution in [-0.4, -0.2) is 42.0 Å². The fourth-order valence-electron chi connectivity index (χ4n) is 3.98. The van der Waals surface area contributed by atoms with E-state index < -0.39 is 5.82 Å². The SMILES string of the molecule is O=C(c1cc(=O)[nH]c2ccc(F)cc12)N1CCC2(CCNC2)CC1. The van der Waals surface area contributed by atoms with Crippen LogP contribution in [0.25, 0.3) is 10.9 Å². The first-order valence-electron chi connectivity index (χ1n) is 8.39. The molecule has 5 nitrogen and oxygen atoms in total. The highest BCUT2D eigenvalue weighted by Crippen LogP contribution is 2.37. The van der Waals surface area contributed by atoms with Crippen LogP contribution in [-0.2, 0) is 0 Å². The van der Waals surface area contributed by atoms with Crippen molar-refractivity contribution in [2.24, 2.45) is 5.41 Å². The number of aromatic amines is 1. The number of H-pyrrole nitrogens is 1. The summed E-state index contributed by atoms with van der Waals surface area (Å²) in [5, 5.41) is 3.87. The number of rotatable bonds is 1. The number of likely N-dealkylation sites (tertiary alicyclic amines) is 1. The molecule has 0 radical (unpaired) electrons. The minimum atomic E-state index is -0.418. The van der Waals surface area contributed by atoms with Gasteiger partial charge in [0.05, 0.1) is 5.56 Å². The Hall–Kier alpha value is -2.21. The van der Waals surface area contributed by atoms with E-state index in [0.29, 0.717) is 29.4 Å². The van der Waals surface area contributed by atoms with E-state index in [1.165, 1.54) is 24.3 Å². The number of benzene rings is 1. The van der Waals surface area contributed by atoms with Gasteiger partial charge in [-0.15, -0.1) is 0 Å². The first-order valence-corrected chi connectivity index (χ1v) is 8.39. The largest absolute Gasteiger partial charge is 0.339 e. The second-order valence-electron chi connectivity index (χ2n) is 6.96. The Kier molecular flexibility index (Phi) is 3.64. The highest BCUT2D eigenvalue weighted by atomic mass is 19.1. The average molecular weight is 329 g/mol. The first-order chi connectivity index (χ1) is 11.6. The van der Waals surface area contributed by atoms with Gasteiger partial charge in [0.2, 0.25) is 5.56 Å². The molecule has 2 aliphatic rings. The molecule has 1 spiro atoms. The number of nitrogens with zero attached hydrogens (tertiary/aromatic N) is 1.